The summed E-state index contributed by atoms with van der Waals surface area (Å²) in [6.07, 6.45) is 4.45. The highest BCUT2D eigenvalue weighted by atomic mass is 16.4. The molecule has 18 heavy (non-hydrogen) atoms. The van der Waals surface area contributed by atoms with E-state index in [0.717, 1.165) is 32.2 Å². The van der Waals surface area contributed by atoms with Gasteiger partial charge in [0.25, 0.3) is 0 Å². The highest BCUT2D eigenvalue weighted by molar-refractivity contribution is 5.85. The quantitative estimate of drug-likeness (QED) is 0.816. The van der Waals surface area contributed by atoms with Gasteiger partial charge in [-0.2, -0.15) is 0 Å². The third-order valence-electron chi connectivity index (χ3n) is 3.98. The van der Waals surface area contributed by atoms with E-state index in [0.29, 0.717) is 18.4 Å². The van der Waals surface area contributed by atoms with Crippen molar-refractivity contribution in [2.24, 2.45) is 17.8 Å². The van der Waals surface area contributed by atoms with E-state index in [2.05, 4.69) is 13.8 Å². The van der Waals surface area contributed by atoms with Crippen LogP contribution in [0.1, 0.15) is 46.0 Å². The van der Waals surface area contributed by atoms with Gasteiger partial charge in [0.1, 0.15) is 0 Å². The summed E-state index contributed by atoms with van der Waals surface area (Å²) in [5.41, 5.74) is 0. The molecule has 0 unspecified atom stereocenters. The number of carboxylic acid groups (broad SMARTS) is 1. The summed E-state index contributed by atoms with van der Waals surface area (Å²) in [5, 5.41) is 9.18. The van der Waals surface area contributed by atoms with Crippen molar-refractivity contribution in [3.05, 3.63) is 0 Å². The van der Waals surface area contributed by atoms with Crippen LogP contribution in [0.4, 0.5) is 0 Å². The minimum absolute atomic E-state index is 0.0936. The Morgan fingerprint density at radius 3 is 2.28 bits per heavy atom. The van der Waals surface area contributed by atoms with E-state index < -0.39 is 11.9 Å². The number of carbonyl (C=O) groups excluding carboxylic acids is 1. The molecule has 0 aromatic heterocycles. The van der Waals surface area contributed by atoms with Gasteiger partial charge < -0.3 is 10.0 Å². The van der Waals surface area contributed by atoms with E-state index in [-0.39, 0.29) is 11.8 Å². The molecule has 1 amide bonds. The standard InChI is InChI=1S/C14H23NO3/c1-9(2)8-15(10-6-7-10)13(16)11-4-3-5-12(11)14(17)18/h9-12H,3-8H2,1-2H3,(H,17,18)/t11-,12+/m1/s1. The molecule has 0 radical (unpaired) electrons. The maximum atomic E-state index is 12.5. The van der Waals surface area contributed by atoms with Gasteiger partial charge in [-0.15, -0.1) is 0 Å². The summed E-state index contributed by atoms with van der Waals surface area (Å²) >= 11 is 0. The van der Waals surface area contributed by atoms with E-state index in [9.17, 15) is 14.7 Å². The Labute approximate surface area is 108 Å². The van der Waals surface area contributed by atoms with Crippen LogP contribution in [0.25, 0.3) is 0 Å². The largest absolute Gasteiger partial charge is 0.481 e. The Kier molecular flexibility index (Phi) is 3.93. The molecule has 1 N–H and O–H groups in total. The molecule has 0 heterocycles. The molecule has 0 bridgehead atoms. The molecule has 2 saturated carbocycles. The molecule has 0 spiro atoms. The second-order valence-electron chi connectivity index (χ2n) is 6.10. The number of rotatable bonds is 5. The van der Waals surface area contributed by atoms with Crippen LogP contribution in [0.3, 0.4) is 0 Å². The molecule has 0 aliphatic heterocycles. The second kappa shape index (κ2) is 5.29. The van der Waals surface area contributed by atoms with Crippen LogP contribution in [0.5, 0.6) is 0 Å². The summed E-state index contributed by atoms with van der Waals surface area (Å²) in [5.74, 6) is -0.991. The number of nitrogens with zero attached hydrogens (tertiary/aromatic N) is 1. The summed E-state index contributed by atoms with van der Waals surface area (Å²) < 4.78 is 0. The lowest BCUT2D eigenvalue weighted by atomic mass is 9.94. The van der Waals surface area contributed by atoms with Gasteiger partial charge in [-0.05, 0) is 31.6 Å². The van der Waals surface area contributed by atoms with E-state index in [1.165, 1.54) is 0 Å². The first-order chi connectivity index (χ1) is 8.50. The predicted molar refractivity (Wildman–Crippen MR) is 68.0 cm³/mol. The third kappa shape index (κ3) is 2.85. The first-order valence-electron chi connectivity index (χ1n) is 7.04. The van der Waals surface area contributed by atoms with E-state index in [1.807, 2.05) is 4.90 Å². The Hall–Kier alpha value is -1.06. The van der Waals surface area contributed by atoms with Crippen molar-refractivity contribution in [1.82, 2.24) is 4.90 Å². The fourth-order valence-electron chi connectivity index (χ4n) is 2.96. The fraction of sp³-hybridized carbons (Fsp3) is 0.857. The fourth-order valence-corrected chi connectivity index (χ4v) is 2.96. The summed E-state index contributed by atoms with van der Waals surface area (Å²) in [6, 6.07) is 0.384. The average Bonchev–Trinajstić information content (AvgIpc) is 3.00. The average molecular weight is 253 g/mol. The zero-order valence-corrected chi connectivity index (χ0v) is 11.3. The number of carboxylic acids is 1. The molecule has 102 valence electrons. The Morgan fingerprint density at radius 1 is 1.17 bits per heavy atom. The molecular weight excluding hydrogens is 230 g/mol. The summed E-state index contributed by atoms with van der Waals surface area (Å²) in [6.45, 7) is 4.98. The van der Waals surface area contributed by atoms with Gasteiger partial charge in [0.05, 0.1) is 11.8 Å². The molecule has 2 atom stereocenters. The van der Waals surface area contributed by atoms with E-state index in [1.54, 1.807) is 0 Å². The Morgan fingerprint density at radius 2 is 1.78 bits per heavy atom. The number of hydrogen-bond donors (Lipinski definition) is 1. The second-order valence-corrected chi connectivity index (χ2v) is 6.10. The first-order valence-corrected chi connectivity index (χ1v) is 7.04. The topological polar surface area (TPSA) is 57.6 Å². The van der Waals surface area contributed by atoms with Gasteiger partial charge in [-0.1, -0.05) is 20.3 Å². The van der Waals surface area contributed by atoms with Gasteiger partial charge in [0, 0.05) is 12.6 Å². The lowest BCUT2D eigenvalue weighted by molar-refractivity contribution is -0.149. The van der Waals surface area contributed by atoms with Crippen molar-refractivity contribution in [1.29, 1.82) is 0 Å². The van der Waals surface area contributed by atoms with Crippen molar-refractivity contribution in [2.45, 2.75) is 52.0 Å². The van der Waals surface area contributed by atoms with Gasteiger partial charge in [-0.3, -0.25) is 9.59 Å². The van der Waals surface area contributed by atoms with Crippen molar-refractivity contribution < 1.29 is 14.7 Å². The lowest BCUT2D eigenvalue weighted by Crippen LogP contribution is -2.42. The molecule has 0 aromatic rings. The lowest BCUT2D eigenvalue weighted by Gasteiger charge is -2.28. The molecule has 0 aromatic carbocycles. The normalized spacial score (nSPS) is 27.5. The number of hydrogen-bond acceptors (Lipinski definition) is 2. The number of amides is 1. The predicted octanol–water partition coefficient (Wildman–Crippen LogP) is 2.13. The van der Waals surface area contributed by atoms with Gasteiger partial charge >= 0.3 is 5.97 Å². The van der Waals surface area contributed by atoms with Crippen LogP contribution in [-0.2, 0) is 9.59 Å². The van der Waals surface area contributed by atoms with Crippen molar-refractivity contribution in [3.8, 4) is 0 Å². The SMILES string of the molecule is CC(C)CN(C(=O)[C@@H]1CCC[C@@H]1C(=O)O)C1CC1. The molecule has 2 rings (SSSR count). The van der Waals surface area contributed by atoms with Crippen LogP contribution in [0, 0.1) is 17.8 Å². The minimum atomic E-state index is -0.800. The maximum absolute atomic E-state index is 12.5. The minimum Gasteiger partial charge on any atom is -0.481 e. The number of carbonyl (C=O) groups is 2. The van der Waals surface area contributed by atoms with Crippen LogP contribution in [0.2, 0.25) is 0 Å². The smallest absolute Gasteiger partial charge is 0.307 e. The van der Waals surface area contributed by atoms with Crippen LogP contribution in [-0.4, -0.2) is 34.5 Å². The van der Waals surface area contributed by atoms with Crippen molar-refractivity contribution in [2.75, 3.05) is 6.54 Å². The molecular formula is C14H23NO3. The molecule has 2 aliphatic rings. The van der Waals surface area contributed by atoms with Crippen LogP contribution < -0.4 is 0 Å². The monoisotopic (exact) mass is 253 g/mol. The van der Waals surface area contributed by atoms with Gasteiger partial charge in [0.15, 0.2) is 0 Å². The molecule has 2 aliphatic carbocycles. The molecule has 4 nitrogen and oxygen atoms in total. The van der Waals surface area contributed by atoms with Crippen LogP contribution in [0.15, 0.2) is 0 Å². The van der Waals surface area contributed by atoms with E-state index >= 15 is 0 Å². The Bertz CT molecular complexity index is 336. The summed E-state index contributed by atoms with van der Waals surface area (Å²) in [7, 11) is 0. The van der Waals surface area contributed by atoms with Crippen molar-refractivity contribution >= 4 is 11.9 Å². The maximum Gasteiger partial charge on any atom is 0.307 e. The van der Waals surface area contributed by atoms with Gasteiger partial charge in [-0.25, -0.2) is 0 Å². The molecule has 0 saturated heterocycles. The molecule has 4 heteroatoms. The highest BCUT2D eigenvalue weighted by Crippen LogP contribution is 2.36. The Balaban J connectivity index is 2.05. The van der Waals surface area contributed by atoms with Crippen molar-refractivity contribution in [3.63, 3.8) is 0 Å². The van der Waals surface area contributed by atoms with Crippen LogP contribution >= 0.6 is 0 Å². The zero-order valence-electron chi connectivity index (χ0n) is 11.3. The highest BCUT2D eigenvalue weighted by Gasteiger charge is 2.43. The number of aliphatic carboxylic acids is 1. The zero-order chi connectivity index (χ0) is 13.3. The summed E-state index contributed by atoms with van der Waals surface area (Å²) in [4.78, 5) is 25.7. The van der Waals surface area contributed by atoms with E-state index in [4.69, 9.17) is 0 Å². The molecule has 2 fully saturated rings. The first kappa shape index (κ1) is 13.4. The van der Waals surface area contributed by atoms with Gasteiger partial charge in [0.2, 0.25) is 5.91 Å². The third-order valence-corrected chi connectivity index (χ3v) is 3.98.